The third kappa shape index (κ3) is 4.32. The molecule has 0 radical (unpaired) electrons. The number of nitrogens with zero attached hydrogens (tertiary/aromatic N) is 2. The molecule has 0 fully saturated rings. The van der Waals surface area contributed by atoms with Gasteiger partial charge in [0.2, 0.25) is 11.6 Å². The number of aromatic nitrogens is 2. The van der Waals surface area contributed by atoms with Gasteiger partial charge in [0.25, 0.3) is 5.56 Å². The van der Waals surface area contributed by atoms with E-state index >= 15 is 0 Å². The second-order valence-electron chi connectivity index (χ2n) is 7.68. The molecule has 6 nitrogen and oxygen atoms in total. The Balaban J connectivity index is 2.22. The highest BCUT2D eigenvalue weighted by atomic mass is 19.4. The molecule has 1 N–H and O–H groups in total. The SMILES string of the molecule is CC[C@@H](C(=O)Nc1cc(C)ccc1OC)n1c(=O)c(C(F)(F)F)nc2cc(C)c(C)cc21. The fourth-order valence-corrected chi connectivity index (χ4v) is 3.57. The number of nitrogens with one attached hydrogen (secondary N) is 1. The largest absolute Gasteiger partial charge is 0.495 e. The first-order valence-electron chi connectivity index (χ1n) is 10.0. The molecular formula is C23H24F3N3O3. The smallest absolute Gasteiger partial charge is 0.438 e. The zero-order valence-corrected chi connectivity index (χ0v) is 18.4. The van der Waals surface area contributed by atoms with E-state index in [9.17, 15) is 22.8 Å². The number of hydrogen-bond acceptors (Lipinski definition) is 4. The van der Waals surface area contributed by atoms with Crippen LogP contribution in [0.15, 0.2) is 35.1 Å². The average molecular weight is 447 g/mol. The Kier molecular flexibility index (Phi) is 6.29. The van der Waals surface area contributed by atoms with Crippen LogP contribution in [0, 0.1) is 20.8 Å². The van der Waals surface area contributed by atoms with Crippen LogP contribution >= 0.6 is 0 Å². The molecule has 0 bridgehead atoms. The summed E-state index contributed by atoms with van der Waals surface area (Å²) in [6.45, 7) is 6.98. The van der Waals surface area contributed by atoms with Crippen LogP contribution in [0.2, 0.25) is 0 Å². The third-order valence-corrected chi connectivity index (χ3v) is 5.39. The molecule has 0 saturated heterocycles. The molecule has 0 aliphatic carbocycles. The van der Waals surface area contributed by atoms with E-state index in [1.807, 2.05) is 6.92 Å². The van der Waals surface area contributed by atoms with Crippen LogP contribution in [0.3, 0.4) is 0 Å². The first-order chi connectivity index (χ1) is 15.0. The number of hydrogen-bond donors (Lipinski definition) is 1. The second-order valence-corrected chi connectivity index (χ2v) is 7.68. The van der Waals surface area contributed by atoms with Gasteiger partial charge in [0.05, 0.1) is 23.8 Å². The summed E-state index contributed by atoms with van der Waals surface area (Å²) in [6.07, 6.45) is -4.87. The number of carbonyl (C=O) groups is 1. The highest BCUT2D eigenvalue weighted by Gasteiger charge is 2.39. The van der Waals surface area contributed by atoms with E-state index in [0.29, 0.717) is 11.4 Å². The first kappa shape index (κ1) is 23.3. The minimum Gasteiger partial charge on any atom is -0.495 e. The number of anilines is 1. The molecule has 0 saturated carbocycles. The number of fused-ring (bicyclic) bond motifs is 1. The lowest BCUT2D eigenvalue weighted by Crippen LogP contribution is -2.37. The van der Waals surface area contributed by atoms with Crippen molar-refractivity contribution in [2.75, 3.05) is 12.4 Å². The van der Waals surface area contributed by atoms with Crippen molar-refractivity contribution in [1.82, 2.24) is 9.55 Å². The number of alkyl halides is 3. The standard InChI is InChI=1S/C23H24F3N3O3/c1-6-17(21(30)28-16-9-12(2)7-8-19(16)32-5)29-18-11-14(4)13(3)10-15(18)27-20(22(29)31)23(24,25)26/h7-11,17H,6H2,1-5H3,(H,28,30)/t17-/m0/s1. The number of rotatable bonds is 5. The van der Waals surface area contributed by atoms with Crippen LogP contribution in [-0.4, -0.2) is 22.6 Å². The van der Waals surface area contributed by atoms with Gasteiger partial charge in [-0.05, 0) is 68.1 Å². The molecule has 0 unspecified atom stereocenters. The van der Waals surface area contributed by atoms with Gasteiger partial charge in [-0.1, -0.05) is 13.0 Å². The molecule has 1 heterocycles. The van der Waals surface area contributed by atoms with E-state index in [1.54, 1.807) is 45.0 Å². The molecule has 0 spiro atoms. The van der Waals surface area contributed by atoms with Gasteiger partial charge < -0.3 is 10.1 Å². The number of benzene rings is 2. The quantitative estimate of drug-likeness (QED) is 0.601. The molecule has 3 rings (SSSR count). The van der Waals surface area contributed by atoms with Crippen LogP contribution in [0.1, 0.15) is 41.8 Å². The molecule has 170 valence electrons. The third-order valence-electron chi connectivity index (χ3n) is 5.39. The average Bonchev–Trinajstić information content (AvgIpc) is 2.70. The summed E-state index contributed by atoms with van der Waals surface area (Å²) in [7, 11) is 1.44. The molecule has 9 heteroatoms. The molecular weight excluding hydrogens is 423 g/mol. The van der Waals surface area contributed by atoms with Crippen LogP contribution in [0.25, 0.3) is 11.0 Å². The highest BCUT2D eigenvalue weighted by molar-refractivity contribution is 5.96. The minimum absolute atomic E-state index is 0.000545. The lowest BCUT2D eigenvalue weighted by atomic mass is 10.1. The van der Waals surface area contributed by atoms with Crippen molar-refractivity contribution in [3.05, 3.63) is 63.1 Å². The molecule has 0 aliphatic rings. The Bertz CT molecular complexity index is 1250. The monoisotopic (exact) mass is 447 g/mol. The number of halogens is 3. The molecule has 0 aliphatic heterocycles. The predicted octanol–water partition coefficient (Wildman–Crippen LogP) is 4.94. The minimum atomic E-state index is -4.96. The van der Waals surface area contributed by atoms with E-state index in [-0.39, 0.29) is 17.5 Å². The molecule has 2 aromatic carbocycles. The zero-order chi connectivity index (χ0) is 23.8. The summed E-state index contributed by atoms with van der Waals surface area (Å²) in [5.41, 5.74) is -0.0208. The lowest BCUT2D eigenvalue weighted by molar-refractivity contribution is -0.142. The van der Waals surface area contributed by atoms with Crippen LogP contribution in [0.4, 0.5) is 18.9 Å². The number of ether oxygens (including phenoxy) is 1. The predicted molar refractivity (Wildman–Crippen MR) is 116 cm³/mol. The Labute approximate surface area is 183 Å². The maximum atomic E-state index is 13.6. The van der Waals surface area contributed by atoms with Gasteiger partial charge >= 0.3 is 6.18 Å². The Morgan fingerprint density at radius 3 is 2.41 bits per heavy atom. The normalized spacial score (nSPS) is 12.6. The van der Waals surface area contributed by atoms with Crippen molar-refractivity contribution in [3.8, 4) is 5.75 Å². The molecule has 3 aromatic rings. The van der Waals surface area contributed by atoms with Crippen molar-refractivity contribution >= 4 is 22.6 Å². The van der Waals surface area contributed by atoms with E-state index in [1.165, 1.54) is 13.2 Å². The van der Waals surface area contributed by atoms with Crippen molar-refractivity contribution in [2.45, 2.75) is 46.3 Å². The summed E-state index contributed by atoms with van der Waals surface area (Å²) >= 11 is 0. The number of aryl methyl sites for hydroxylation is 3. The van der Waals surface area contributed by atoms with Gasteiger partial charge in [-0.25, -0.2) is 4.98 Å². The maximum absolute atomic E-state index is 13.6. The summed E-state index contributed by atoms with van der Waals surface area (Å²) in [5, 5.41) is 2.70. The number of carbonyl (C=O) groups excluding carboxylic acids is 1. The first-order valence-corrected chi connectivity index (χ1v) is 10.0. The van der Waals surface area contributed by atoms with Crippen LogP contribution < -0.4 is 15.6 Å². The van der Waals surface area contributed by atoms with Gasteiger partial charge in [0.15, 0.2) is 0 Å². The van der Waals surface area contributed by atoms with Gasteiger partial charge in [0.1, 0.15) is 11.8 Å². The van der Waals surface area contributed by atoms with E-state index in [0.717, 1.165) is 21.3 Å². The molecule has 1 amide bonds. The molecule has 32 heavy (non-hydrogen) atoms. The van der Waals surface area contributed by atoms with Crippen LogP contribution in [-0.2, 0) is 11.0 Å². The summed E-state index contributed by atoms with van der Waals surface area (Å²) in [5.74, 6) is -0.231. The van der Waals surface area contributed by atoms with Crippen LogP contribution in [0.5, 0.6) is 5.75 Å². The Morgan fingerprint density at radius 1 is 1.16 bits per heavy atom. The summed E-state index contributed by atoms with van der Waals surface area (Å²) in [6, 6.07) is 7.04. The number of amides is 1. The Hall–Kier alpha value is -3.36. The summed E-state index contributed by atoms with van der Waals surface area (Å²) < 4.78 is 47.0. The molecule has 1 aromatic heterocycles. The van der Waals surface area contributed by atoms with E-state index in [4.69, 9.17) is 4.74 Å². The Morgan fingerprint density at radius 2 is 1.81 bits per heavy atom. The second kappa shape index (κ2) is 8.64. The van der Waals surface area contributed by atoms with Gasteiger partial charge in [-0.3, -0.25) is 14.2 Å². The fourth-order valence-electron chi connectivity index (χ4n) is 3.57. The lowest BCUT2D eigenvalue weighted by Gasteiger charge is -2.22. The van der Waals surface area contributed by atoms with Crippen molar-refractivity contribution in [1.29, 1.82) is 0 Å². The van der Waals surface area contributed by atoms with Crippen molar-refractivity contribution in [2.24, 2.45) is 0 Å². The number of methoxy groups -OCH3 is 1. The zero-order valence-electron chi connectivity index (χ0n) is 18.4. The maximum Gasteiger partial charge on any atom is 0.438 e. The van der Waals surface area contributed by atoms with Gasteiger partial charge in [-0.2, -0.15) is 13.2 Å². The highest BCUT2D eigenvalue weighted by Crippen LogP contribution is 2.30. The van der Waals surface area contributed by atoms with Crippen molar-refractivity contribution < 1.29 is 22.7 Å². The van der Waals surface area contributed by atoms with Crippen molar-refractivity contribution in [3.63, 3.8) is 0 Å². The van der Waals surface area contributed by atoms with Gasteiger partial charge in [0, 0.05) is 0 Å². The summed E-state index contributed by atoms with van der Waals surface area (Å²) in [4.78, 5) is 29.7. The van der Waals surface area contributed by atoms with Gasteiger partial charge in [-0.15, -0.1) is 0 Å². The van der Waals surface area contributed by atoms with E-state index < -0.39 is 29.4 Å². The topological polar surface area (TPSA) is 73.2 Å². The molecule has 1 atom stereocenters. The fraction of sp³-hybridized carbons (Fsp3) is 0.348. The van der Waals surface area contributed by atoms with E-state index in [2.05, 4.69) is 10.3 Å².